The molecule has 4 N–H and O–H groups in total. The van der Waals surface area contributed by atoms with Gasteiger partial charge in [0.15, 0.2) is 0 Å². The van der Waals surface area contributed by atoms with Crippen LogP contribution in [0.2, 0.25) is 0 Å². The number of carbonyl (C=O) groups is 2. The van der Waals surface area contributed by atoms with Gasteiger partial charge in [0.1, 0.15) is 17.3 Å². The van der Waals surface area contributed by atoms with Gasteiger partial charge in [0.05, 0.1) is 7.11 Å². The van der Waals surface area contributed by atoms with Crippen LogP contribution in [0, 0.1) is 5.92 Å². The predicted octanol–water partition coefficient (Wildman–Crippen LogP) is 4.43. The molecule has 1 saturated heterocycles. The van der Waals surface area contributed by atoms with Crippen LogP contribution in [0.25, 0.3) is 0 Å². The summed E-state index contributed by atoms with van der Waals surface area (Å²) < 4.78 is 10.5. The molecule has 1 aliphatic rings. The van der Waals surface area contributed by atoms with Crippen molar-refractivity contribution in [2.75, 3.05) is 27.3 Å². The molecule has 1 aliphatic heterocycles. The van der Waals surface area contributed by atoms with Gasteiger partial charge in [-0.2, -0.15) is 0 Å². The molecule has 47 heavy (non-hydrogen) atoms. The quantitative estimate of drug-likeness (QED) is 0.113. The lowest BCUT2D eigenvalue weighted by Crippen LogP contribution is -2.61. The van der Waals surface area contributed by atoms with Gasteiger partial charge in [0.25, 0.3) is 0 Å². The molecule has 0 saturated carbocycles. The molecule has 3 aromatic carbocycles. The number of benzene rings is 3. The summed E-state index contributed by atoms with van der Waals surface area (Å²) in [6.07, 6.45) is 2.43. The van der Waals surface area contributed by atoms with Crippen molar-refractivity contribution in [3.8, 4) is 5.75 Å². The summed E-state index contributed by atoms with van der Waals surface area (Å²) in [7, 11) is 3.06. The fraction of sp³-hybridized carbons (Fsp3) is 0.474. The molecule has 0 aliphatic carbocycles. The second-order valence-corrected chi connectivity index (χ2v) is 12.5. The van der Waals surface area contributed by atoms with Crippen LogP contribution in [0.5, 0.6) is 5.75 Å². The topological polar surface area (TPSA) is 112 Å². The molecule has 9 nitrogen and oxygen atoms in total. The summed E-state index contributed by atoms with van der Waals surface area (Å²) in [5.74, 6) is 0.413. The standard InChI is InChI=1S/C38H52N4O5/c1-5-28(2)38(41-37(45)47-4)22-24-42(36(38)44)34(20-19-29-13-8-6-9-14-29)35(43)40-32(25-30-15-10-7-11-16-30)21-23-39-27-31-17-12-18-33(26-31)46-3/h6-18,26,28,32,34,37,39,41,45H,5,19-25,27H2,1-4H3,(H,40,43)/t28?,32-,34+,37?,38+/m1/s1. The van der Waals surface area contributed by atoms with E-state index >= 15 is 0 Å². The van der Waals surface area contributed by atoms with Gasteiger partial charge in [-0.3, -0.25) is 14.9 Å². The van der Waals surface area contributed by atoms with E-state index < -0.39 is 18.0 Å². The van der Waals surface area contributed by atoms with Crippen molar-refractivity contribution in [1.82, 2.24) is 20.9 Å². The van der Waals surface area contributed by atoms with Crippen molar-refractivity contribution in [3.05, 3.63) is 102 Å². The lowest BCUT2D eigenvalue weighted by molar-refractivity contribution is -0.152. The molecular formula is C38H52N4O5. The number of nitrogens with one attached hydrogen (secondary N) is 3. The van der Waals surface area contributed by atoms with Crippen LogP contribution in [0.15, 0.2) is 84.9 Å². The first-order chi connectivity index (χ1) is 22.8. The number of carbonyl (C=O) groups excluding carboxylic acids is 2. The summed E-state index contributed by atoms with van der Waals surface area (Å²) in [5, 5.41) is 20.3. The first kappa shape index (κ1) is 36.1. The van der Waals surface area contributed by atoms with Gasteiger partial charge in [0, 0.05) is 26.2 Å². The Bertz CT molecular complexity index is 1390. The van der Waals surface area contributed by atoms with E-state index in [4.69, 9.17) is 9.47 Å². The predicted molar refractivity (Wildman–Crippen MR) is 185 cm³/mol. The maximum atomic E-state index is 14.3. The lowest BCUT2D eigenvalue weighted by Gasteiger charge is -2.37. The molecule has 1 fully saturated rings. The SMILES string of the molecule is CCC(C)[C@@]1(NC(O)OC)CCN([C@@H](CCc2ccccc2)C(=O)N[C@H](CCNCc2cccc(OC)c2)Cc2ccccc2)C1=O. The second kappa shape index (κ2) is 18.0. The number of likely N-dealkylation sites (tertiary alicyclic amines) is 1. The summed E-state index contributed by atoms with van der Waals surface area (Å²) in [4.78, 5) is 30.3. The number of aryl methyl sites for hydroxylation is 1. The van der Waals surface area contributed by atoms with E-state index in [2.05, 4.69) is 34.1 Å². The molecule has 0 aromatic heterocycles. The molecule has 4 rings (SSSR count). The highest BCUT2D eigenvalue weighted by molar-refractivity contribution is 5.94. The Balaban J connectivity index is 1.53. The number of aliphatic hydroxyl groups is 1. The number of nitrogens with zero attached hydrogens (tertiary/aromatic N) is 1. The molecular weight excluding hydrogens is 592 g/mol. The normalized spacial score (nSPS) is 18.8. The summed E-state index contributed by atoms with van der Waals surface area (Å²) in [6, 6.07) is 27.4. The highest BCUT2D eigenvalue weighted by Crippen LogP contribution is 2.35. The third kappa shape index (κ3) is 9.87. The van der Waals surface area contributed by atoms with E-state index in [1.165, 1.54) is 7.11 Å². The highest BCUT2D eigenvalue weighted by Gasteiger charge is 2.53. The molecule has 2 amide bonds. The Hall–Kier alpha value is -3.76. The van der Waals surface area contributed by atoms with Gasteiger partial charge in [0.2, 0.25) is 18.2 Å². The van der Waals surface area contributed by atoms with Crippen molar-refractivity contribution in [2.45, 2.75) is 83.0 Å². The zero-order chi connectivity index (χ0) is 33.6. The van der Waals surface area contributed by atoms with Crippen molar-refractivity contribution < 1.29 is 24.2 Å². The van der Waals surface area contributed by atoms with Crippen LogP contribution >= 0.6 is 0 Å². The van der Waals surface area contributed by atoms with Crippen LogP contribution in [0.3, 0.4) is 0 Å². The monoisotopic (exact) mass is 644 g/mol. The molecule has 254 valence electrons. The Morgan fingerprint density at radius 1 is 0.957 bits per heavy atom. The van der Waals surface area contributed by atoms with Crippen molar-refractivity contribution in [2.24, 2.45) is 5.92 Å². The maximum absolute atomic E-state index is 14.3. The maximum Gasteiger partial charge on any atom is 0.244 e. The minimum atomic E-state index is -1.29. The summed E-state index contributed by atoms with van der Waals surface area (Å²) >= 11 is 0. The fourth-order valence-corrected chi connectivity index (χ4v) is 6.51. The minimum absolute atomic E-state index is 0.0795. The van der Waals surface area contributed by atoms with Gasteiger partial charge in [-0.05, 0) is 73.4 Å². The number of amides is 2. The molecule has 9 heteroatoms. The first-order valence-corrected chi connectivity index (χ1v) is 16.8. The molecule has 5 atom stereocenters. The van der Waals surface area contributed by atoms with E-state index in [-0.39, 0.29) is 23.8 Å². The molecule has 0 bridgehead atoms. The van der Waals surface area contributed by atoms with E-state index in [9.17, 15) is 14.7 Å². The van der Waals surface area contributed by atoms with Gasteiger partial charge < -0.3 is 30.1 Å². The first-order valence-electron chi connectivity index (χ1n) is 16.8. The zero-order valence-electron chi connectivity index (χ0n) is 28.3. The van der Waals surface area contributed by atoms with E-state index in [0.717, 1.165) is 28.9 Å². The van der Waals surface area contributed by atoms with Crippen molar-refractivity contribution in [1.29, 1.82) is 0 Å². The zero-order valence-corrected chi connectivity index (χ0v) is 28.3. The minimum Gasteiger partial charge on any atom is -0.497 e. The number of methoxy groups -OCH3 is 2. The van der Waals surface area contributed by atoms with E-state index in [1.807, 2.05) is 80.6 Å². The lowest BCUT2D eigenvalue weighted by atomic mass is 9.82. The van der Waals surface area contributed by atoms with Gasteiger partial charge in [-0.1, -0.05) is 93.1 Å². The average molecular weight is 645 g/mol. The molecule has 0 spiro atoms. The van der Waals surface area contributed by atoms with E-state index in [1.54, 1.807) is 12.0 Å². The average Bonchev–Trinajstić information content (AvgIpc) is 3.42. The number of hydrogen-bond donors (Lipinski definition) is 4. The van der Waals surface area contributed by atoms with Crippen molar-refractivity contribution >= 4 is 11.8 Å². The van der Waals surface area contributed by atoms with Crippen LogP contribution in [-0.2, 0) is 33.7 Å². The number of aliphatic hydroxyl groups excluding tert-OH is 1. The van der Waals surface area contributed by atoms with E-state index in [0.29, 0.717) is 51.7 Å². The van der Waals surface area contributed by atoms with Crippen molar-refractivity contribution in [3.63, 3.8) is 0 Å². The van der Waals surface area contributed by atoms with Gasteiger partial charge in [-0.25, -0.2) is 0 Å². The molecule has 0 radical (unpaired) electrons. The Kier molecular flexibility index (Phi) is 13.8. The van der Waals surface area contributed by atoms with Crippen LogP contribution in [-0.4, -0.2) is 73.2 Å². The Labute approximate surface area is 280 Å². The number of ether oxygens (including phenoxy) is 2. The summed E-state index contributed by atoms with van der Waals surface area (Å²) in [5.41, 5.74) is 2.35. The Morgan fingerprint density at radius 3 is 2.30 bits per heavy atom. The Morgan fingerprint density at radius 2 is 1.64 bits per heavy atom. The fourth-order valence-electron chi connectivity index (χ4n) is 6.51. The number of hydrogen-bond acceptors (Lipinski definition) is 7. The third-order valence-electron chi connectivity index (χ3n) is 9.48. The third-order valence-corrected chi connectivity index (χ3v) is 9.48. The van der Waals surface area contributed by atoms with Crippen LogP contribution in [0.1, 0.15) is 56.2 Å². The van der Waals surface area contributed by atoms with Gasteiger partial charge in [-0.15, -0.1) is 0 Å². The van der Waals surface area contributed by atoms with Gasteiger partial charge >= 0.3 is 0 Å². The van der Waals surface area contributed by atoms with Crippen LogP contribution in [0.4, 0.5) is 0 Å². The molecule has 1 heterocycles. The smallest absolute Gasteiger partial charge is 0.244 e. The van der Waals surface area contributed by atoms with Crippen LogP contribution < -0.4 is 20.7 Å². The highest BCUT2D eigenvalue weighted by atomic mass is 16.6. The second-order valence-electron chi connectivity index (χ2n) is 12.5. The molecule has 2 unspecified atom stereocenters. The molecule has 3 aromatic rings. The largest absolute Gasteiger partial charge is 0.497 e. The summed E-state index contributed by atoms with van der Waals surface area (Å²) in [6.45, 7) is 5.82. The number of rotatable bonds is 19.